The molecule has 2 fully saturated rings. The normalized spacial score (nSPS) is 28.8. The van der Waals surface area contributed by atoms with E-state index in [1.165, 1.54) is 0 Å². The Bertz CT molecular complexity index is 708. The van der Waals surface area contributed by atoms with Crippen molar-refractivity contribution in [2.75, 3.05) is 24.3 Å². The predicted molar refractivity (Wildman–Crippen MR) is 94.4 cm³/mol. The third-order valence-electron chi connectivity index (χ3n) is 5.40. The van der Waals surface area contributed by atoms with Gasteiger partial charge in [0.25, 0.3) is 5.91 Å². The van der Waals surface area contributed by atoms with Crippen molar-refractivity contribution in [2.24, 2.45) is 0 Å². The first-order valence-corrected chi connectivity index (χ1v) is 9.46. The molecule has 3 heterocycles. The summed E-state index contributed by atoms with van der Waals surface area (Å²) >= 11 is 1.74. The van der Waals surface area contributed by atoms with Gasteiger partial charge in [-0.3, -0.25) is 9.59 Å². The molecule has 0 aromatic heterocycles. The molecule has 0 N–H and O–H groups in total. The highest BCUT2D eigenvalue weighted by Crippen LogP contribution is 2.48. The molecule has 0 saturated carbocycles. The van der Waals surface area contributed by atoms with Gasteiger partial charge >= 0.3 is 0 Å². The van der Waals surface area contributed by atoms with Crippen molar-refractivity contribution in [1.82, 2.24) is 4.90 Å². The van der Waals surface area contributed by atoms with E-state index in [4.69, 9.17) is 4.74 Å². The smallest absolute Gasteiger partial charge is 0.250 e. The van der Waals surface area contributed by atoms with E-state index in [1.54, 1.807) is 18.9 Å². The maximum atomic E-state index is 13.2. The van der Waals surface area contributed by atoms with E-state index in [2.05, 4.69) is 6.92 Å². The molecule has 3 aliphatic rings. The van der Waals surface area contributed by atoms with Crippen molar-refractivity contribution in [3.63, 3.8) is 0 Å². The Morgan fingerprint density at radius 1 is 1.38 bits per heavy atom. The maximum absolute atomic E-state index is 13.2. The van der Waals surface area contributed by atoms with Crippen molar-refractivity contribution in [2.45, 2.75) is 43.5 Å². The number of ether oxygens (including phenoxy) is 1. The van der Waals surface area contributed by atoms with Crippen LogP contribution in [0.1, 0.15) is 31.7 Å². The molecule has 2 atom stereocenters. The van der Waals surface area contributed by atoms with E-state index in [1.807, 2.05) is 28.0 Å². The zero-order chi connectivity index (χ0) is 16.9. The van der Waals surface area contributed by atoms with Crippen LogP contribution in [0.5, 0.6) is 5.75 Å². The minimum atomic E-state index is -0.331. The number of anilines is 1. The SMILES string of the molecule is COc1ccc2c(c1)CCCN2C(=O)C1CSC2(C)CCC(=O)N12. The molecule has 3 aliphatic heterocycles. The van der Waals surface area contributed by atoms with E-state index in [0.29, 0.717) is 12.2 Å². The Morgan fingerprint density at radius 3 is 3.00 bits per heavy atom. The van der Waals surface area contributed by atoms with E-state index >= 15 is 0 Å². The fraction of sp³-hybridized carbons (Fsp3) is 0.556. The van der Waals surface area contributed by atoms with Crippen LogP contribution in [-0.2, 0) is 16.0 Å². The molecule has 2 unspecified atom stereocenters. The number of carbonyl (C=O) groups excluding carboxylic acids is 2. The first-order valence-electron chi connectivity index (χ1n) is 8.48. The van der Waals surface area contributed by atoms with Crippen molar-refractivity contribution in [3.05, 3.63) is 23.8 Å². The van der Waals surface area contributed by atoms with Crippen LogP contribution < -0.4 is 9.64 Å². The molecule has 4 rings (SSSR count). The number of hydrogen-bond acceptors (Lipinski definition) is 4. The summed E-state index contributed by atoms with van der Waals surface area (Å²) in [5.74, 6) is 1.70. The predicted octanol–water partition coefficient (Wildman–Crippen LogP) is 2.43. The summed E-state index contributed by atoms with van der Waals surface area (Å²) in [4.78, 5) is 29.1. The number of aryl methyl sites for hydroxylation is 1. The molecule has 0 aliphatic carbocycles. The van der Waals surface area contributed by atoms with Crippen LogP contribution in [0.4, 0.5) is 5.69 Å². The Hall–Kier alpha value is -1.69. The fourth-order valence-electron chi connectivity index (χ4n) is 4.11. The van der Waals surface area contributed by atoms with Crippen molar-refractivity contribution >= 4 is 29.3 Å². The number of carbonyl (C=O) groups is 2. The summed E-state index contributed by atoms with van der Waals surface area (Å²) in [5.41, 5.74) is 2.12. The number of amides is 2. The van der Waals surface area contributed by atoms with Crippen molar-refractivity contribution in [3.8, 4) is 5.75 Å². The Balaban J connectivity index is 1.64. The van der Waals surface area contributed by atoms with Gasteiger partial charge in [0, 0.05) is 24.4 Å². The number of methoxy groups -OCH3 is 1. The minimum absolute atomic E-state index is 0.0626. The standard InChI is InChI=1S/C18H22N2O3S/c1-18-8-7-16(21)20(18)15(11-24-18)17(22)19-9-3-4-12-10-13(23-2)5-6-14(12)19/h5-6,10,15H,3-4,7-9,11H2,1-2H3. The van der Waals surface area contributed by atoms with Crippen LogP contribution in [0.3, 0.4) is 0 Å². The highest BCUT2D eigenvalue weighted by Gasteiger charge is 2.53. The van der Waals surface area contributed by atoms with Crippen LogP contribution in [0, 0.1) is 0 Å². The summed E-state index contributed by atoms with van der Waals surface area (Å²) in [6.45, 7) is 2.81. The lowest BCUT2D eigenvalue weighted by Crippen LogP contribution is -2.52. The lowest BCUT2D eigenvalue weighted by Gasteiger charge is -2.35. The van der Waals surface area contributed by atoms with Gasteiger partial charge in [0.1, 0.15) is 11.8 Å². The third kappa shape index (κ3) is 2.31. The van der Waals surface area contributed by atoms with Crippen LogP contribution in [0.25, 0.3) is 0 Å². The first-order chi connectivity index (χ1) is 11.5. The molecular weight excluding hydrogens is 324 g/mol. The molecule has 0 bridgehead atoms. The average Bonchev–Trinajstić information content (AvgIpc) is 3.09. The molecule has 24 heavy (non-hydrogen) atoms. The second-order valence-corrected chi connectivity index (χ2v) is 8.36. The lowest BCUT2D eigenvalue weighted by atomic mass is 10.0. The molecule has 0 spiro atoms. The van der Waals surface area contributed by atoms with E-state index in [0.717, 1.165) is 42.8 Å². The largest absolute Gasteiger partial charge is 0.497 e. The maximum Gasteiger partial charge on any atom is 0.250 e. The number of rotatable bonds is 2. The van der Waals surface area contributed by atoms with Crippen LogP contribution >= 0.6 is 11.8 Å². The highest BCUT2D eigenvalue weighted by atomic mass is 32.2. The van der Waals surface area contributed by atoms with E-state index in [9.17, 15) is 9.59 Å². The Morgan fingerprint density at radius 2 is 2.21 bits per heavy atom. The number of thioether (sulfide) groups is 1. The van der Waals surface area contributed by atoms with Gasteiger partial charge in [-0.15, -0.1) is 11.8 Å². The quantitative estimate of drug-likeness (QED) is 0.825. The van der Waals surface area contributed by atoms with Gasteiger partial charge in [-0.1, -0.05) is 0 Å². The second-order valence-electron chi connectivity index (χ2n) is 6.85. The van der Waals surface area contributed by atoms with Crippen molar-refractivity contribution in [1.29, 1.82) is 0 Å². The summed E-state index contributed by atoms with van der Waals surface area (Å²) in [6, 6.07) is 5.56. The monoisotopic (exact) mass is 346 g/mol. The molecule has 0 radical (unpaired) electrons. The van der Waals surface area contributed by atoms with Crippen molar-refractivity contribution < 1.29 is 14.3 Å². The number of benzene rings is 1. The molecule has 2 amide bonds. The zero-order valence-corrected chi connectivity index (χ0v) is 14.9. The van der Waals surface area contributed by atoms with Crippen LogP contribution in [0.15, 0.2) is 18.2 Å². The minimum Gasteiger partial charge on any atom is -0.497 e. The summed E-state index contributed by atoms with van der Waals surface area (Å²) in [6.07, 6.45) is 3.29. The number of hydrogen-bond donors (Lipinski definition) is 0. The molecule has 1 aromatic rings. The fourth-order valence-corrected chi connectivity index (χ4v) is 5.54. The number of fused-ring (bicyclic) bond motifs is 2. The van der Waals surface area contributed by atoms with Gasteiger partial charge < -0.3 is 14.5 Å². The van der Waals surface area contributed by atoms with Gasteiger partial charge in [0.2, 0.25) is 5.91 Å². The van der Waals surface area contributed by atoms with Crippen LogP contribution in [0.2, 0.25) is 0 Å². The van der Waals surface area contributed by atoms with E-state index < -0.39 is 0 Å². The van der Waals surface area contributed by atoms with Crippen LogP contribution in [-0.4, -0.2) is 47.0 Å². The lowest BCUT2D eigenvalue weighted by molar-refractivity contribution is -0.136. The topological polar surface area (TPSA) is 49.9 Å². The zero-order valence-electron chi connectivity index (χ0n) is 14.1. The molecule has 2 saturated heterocycles. The first kappa shape index (κ1) is 15.8. The van der Waals surface area contributed by atoms with Gasteiger partial charge in [-0.2, -0.15) is 0 Å². The second kappa shape index (κ2) is 5.69. The van der Waals surface area contributed by atoms with Gasteiger partial charge in [-0.25, -0.2) is 0 Å². The number of nitrogens with zero attached hydrogens (tertiary/aromatic N) is 2. The highest BCUT2D eigenvalue weighted by molar-refractivity contribution is 8.01. The summed E-state index contributed by atoms with van der Waals surface area (Å²) in [7, 11) is 1.66. The molecule has 128 valence electrons. The summed E-state index contributed by atoms with van der Waals surface area (Å²) in [5, 5.41) is 0. The van der Waals surface area contributed by atoms with Gasteiger partial charge in [0.15, 0.2) is 0 Å². The molecule has 1 aromatic carbocycles. The summed E-state index contributed by atoms with van der Waals surface area (Å²) < 4.78 is 5.30. The average molecular weight is 346 g/mol. The molecule has 5 nitrogen and oxygen atoms in total. The van der Waals surface area contributed by atoms with E-state index in [-0.39, 0.29) is 22.7 Å². The molecule has 6 heteroatoms. The Labute approximate surface area is 146 Å². The van der Waals surface area contributed by atoms with Gasteiger partial charge in [0.05, 0.1) is 12.0 Å². The Kier molecular flexibility index (Phi) is 3.75. The van der Waals surface area contributed by atoms with Gasteiger partial charge in [-0.05, 0) is 49.9 Å². The third-order valence-corrected chi connectivity index (χ3v) is 6.91. The molecular formula is C18H22N2O3S.